The molecule has 8 nitrogen and oxygen atoms in total. The quantitative estimate of drug-likeness (QED) is 0.262. The van der Waals surface area contributed by atoms with Gasteiger partial charge in [-0.1, -0.05) is 47.6 Å². The van der Waals surface area contributed by atoms with Crippen LogP contribution in [0.1, 0.15) is 99.8 Å². The lowest BCUT2D eigenvalue weighted by Gasteiger charge is -2.43. The second-order valence-electron chi connectivity index (χ2n) is 13.0. The zero-order valence-corrected chi connectivity index (χ0v) is 25.0. The maximum Gasteiger partial charge on any atom is 0.329 e. The largest absolute Gasteiger partial charge is 0.456 e. The van der Waals surface area contributed by atoms with Crippen LogP contribution < -0.4 is 0 Å². The molecular formula is C31H51NO7. The van der Waals surface area contributed by atoms with Gasteiger partial charge in [0, 0.05) is 12.5 Å². The maximum absolute atomic E-state index is 13.5. The van der Waals surface area contributed by atoms with E-state index in [1.54, 1.807) is 6.92 Å². The number of rotatable bonds is 8. The fraction of sp³-hybridized carbons (Fsp3) is 0.839. The zero-order valence-electron chi connectivity index (χ0n) is 25.0. The van der Waals surface area contributed by atoms with Gasteiger partial charge in [-0.05, 0) is 87.5 Å². The van der Waals surface area contributed by atoms with Crippen molar-refractivity contribution in [3.8, 4) is 0 Å². The van der Waals surface area contributed by atoms with Crippen molar-refractivity contribution < 1.29 is 34.1 Å². The Kier molecular flexibility index (Phi) is 10.8. The van der Waals surface area contributed by atoms with E-state index in [1.807, 2.05) is 34.6 Å². The molecule has 0 aromatic rings. The first-order valence-corrected chi connectivity index (χ1v) is 15.1. The number of ketones is 1. The van der Waals surface area contributed by atoms with Crippen LogP contribution in [0.5, 0.6) is 0 Å². The normalized spacial score (nSPS) is 35.2. The maximum atomic E-state index is 13.5. The van der Waals surface area contributed by atoms with Gasteiger partial charge in [-0.15, -0.1) is 0 Å². The Labute approximate surface area is 234 Å². The lowest BCUT2D eigenvalue weighted by Crippen LogP contribution is -2.61. The predicted octanol–water partition coefficient (Wildman–Crippen LogP) is 4.41. The Morgan fingerprint density at radius 1 is 1.03 bits per heavy atom. The predicted molar refractivity (Wildman–Crippen MR) is 148 cm³/mol. The van der Waals surface area contributed by atoms with E-state index in [2.05, 4.69) is 13.0 Å². The molecule has 2 N–H and O–H groups in total. The lowest BCUT2D eigenvalue weighted by atomic mass is 9.79. The van der Waals surface area contributed by atoms with E-state index in [0.717, 1.165) is 24.8 Å². The molecule has 8 atom stereocenters. The Morgan fingerprint density at radius 2 is 1.72 bits per heavy atom. The first kappa shape index (κ1) is 31.8. The number of carbonyl (C=O) groups excluding carboxylic acids is 3. The summed E-state index contributed by atoms with van der Waals surface area (Å²) in [6.07, 6.45) is 6.76. The van der Waals surface area contributed by atoms with Gasteiger partial charge in [-0.2, -0.15) is 0 Å². The van der Waals surface area contributed by atoms with Gasteiger partial charge in [0.25, 0.3) is 11.7 Å². The van der Waals surface area contributed by atoms with Gasteiger partial charge in [0.2, 0.25) is 5.79 Å². The number of ether oxygens (including phenoxy) is 2. The van der Waals surface area contributed by atoms with Gasteiger partial charge >= 0.3 is 5.97 Å². The van der Waals surface area contributed by atoms with Crippen LogP contribution in [0.3, 0.4) is 0 Å². The van der Waals surface area contributed by atoms with E-state index in [1.165, 1.54) is 4.90 Å². The molecule has 1 amide bonds. The van der Waals surface area contributed by atoms with Crippen LogP contribution in [-0.2, 0) is 23.9 Å². The summed E-state index contributed by atoms with van der Waals surface area (Å²) in [7, 11) is 0. The van der Waals surface area contributed by atoms with Crippen molar-refractivity contribution in [2.45, 2.75) is 130 Å². The number of carbonyl (C=O) groups is 3. The van der Waals surface area contributed by atoms with E-state index in [9.17, 15) is 24.6 Å². The lowest BCUT2D eigenvalue weighted by molar-refractivity contribution is -0.269. The zero-order chi connectivity index (χ0) is 29.1. The van der Waals surface area contributed by atoms with E-state index in [4.69, 9.17) is 9.47 Å². The number of piperidine rings is 1. The molecule has 1 saturated carbocycles. The summed E-state index contributed by atoms with van der Waals surface area (Å²) in [5.74, 6) is -4.50. The summed E-state index contributed by atoms with van der Waals surface area (Å²) < 4.78 is 11.9. The van der Waals surface area contributed by atoms with Crippen molar-refractivity contribution in [2.24, 2.45) is 29.6 Å². The number of allylic oxidation sites excluding steroid dienone is 1. The highest BCUT2D eigenvalue weighted by Crippen LogP contribution is 2.37. The van der Waals surface area contributed by atoms with Crippen LogP contribution in [0.4, 0.5) is 0 Å². The van der Waals surface area contributed by atoms with Gasteiger partial charge in [-0.3, -0.25) is 9.59 Å². The van der Waals surface area contributed by atoms with Crippen LogP contribution in [-0.4, -0.2) is 69.5 Å². The fourth-order valence-corrected chi connectivity index (χ4v) is 6.37. The van der Waals surface area contributed by atoms with Crippen molar-refractivity contribution in [3.05, 3.63) is 11.6 Å². The molecular weight excluding hydrogens is 498 g/mol. The molecule has 0 aromatic carbocycles. The number of aliphatic hydroxyl groups is 2. The van der Waals surface area contributed by atoms with Crippen molar-refractivity contribution >= 4 is 17.7 Å². The minimum absolute atomic E-state index is 0.0113. The van der Waals surface area contributed by atoms with Gasteiger partial charge in [0.15, 0.2) is 0 Å². The summed E-state index contributed by atoms with van der Waals surface area (Å²) >= 11 is 0. The highest BCUT2D eigenvalue weighted by Gasteiger charge is 2.53. The van der Waals surface area contributed by atoms with Crippen molar-refractivity contribution in [1.82, 2.24) is 4.90 Å². The fourth-order valence-electron chi connectivity index (χ4n) is 6.37. The number of hydrogen-bond acceptors (Lipinski definition) is 7. The number of Topliss-reactive ketones (excluding diaryl/α,β-unsaturated/α-hetero) is 1. The molecule has 0 radical (unpaired) electrons. The first-order chi connectivity index (χ1) is 18.3. The standard InChI is InChI=1S/C31H51NO7/c1-18(2)26-14-12-22(7)31(37,39-26)28(34)29(35)32-15-9-8-10-24(32)30(36)38-27(19(3)4)21(6)16-23-13-11-20(5)25(33)17-23/h16,18-20,22-27,33,37H,8-15,17H2,1-7H3/b21-16+. The molecule has 8 unspecified atom stereocenters. The molecule has 3 aliphatic rings. The van der Waals surface area contributed by atoms with Crippen LogP contribution in [0.25, 0.3) is 0 Å². The number of amides is 1. The average Bonchev–Trinajstić information content (AvgIpc) is 2.89. The molecule has 8 heteroatoms. The molecule has 0 aromatic heterocycles. The van der Waals surface area contributed by atoms with Gasteiger partial charge in [0.1, 0.15) is 12.1 Å². The summed E-state index contributed by atoms with van der Waals surface area (Å²) in [5.41, 5.74) is 0.938. The molecule has 0 spiro atoms. The van der Waals surface area contributed by atoms with Gasteiger partial charge in [0.05, 0.1) is 12.2 Å². The third kappa shape index (κ3) is 7.31. The monoisotopic (exact) mass is 549 g/mol. The SMILES string of the molecule is C/C(=C\C1CCC(C)C(O)C1)C(OC(=O)C1CCCCN1C(=O)C(=O)C1(O)OC(C(C)C)CCC1C)C(C)C. The number of nitrogens with zero attached hydrogens (tertiary/aromatic N) is 1. The third-order valence-corrected chi connectivity index (χ3v) is 9.17. The number of likely N-dealkylation sites (tertiary alicyclic amines) is 1. The average molecular weight is 550 g/mol. The third-order valence-electron chi connectivity index (χ3n) is 9.17. The highest BCUT2D eigenvalue weighted by molar-refractivity contribution is 6.39. The van der Waals surface area contributed by atoms with E-state index in [0.29, 0.717) is 38.0 Å². The number of esters is 1. The van der Waals surface area contributed by atoms with Crippen molar-refractivity contribution in [3.63, 3.8) is 0 Å². The Bertz CT molecular complexity index is 915. The van der Waals surface area contributed by atoms with Crippen LogP contribution >= 0.6 is 0 Å². The van der Waals surface area contributed by atoms with E-state index < -0.39 is 41.5 Å². The molecule has 222 valence electrons. The van der Waals surface area contributed by atoms with Crippen molar-refractivity contribution in [2.75, 3.05) is 6.54 Å². The van der Waals surface area contributed by atoms with E-state index >= 15 is 0 Å². The molecule has 39 heavy (non-hydrogen) atoms. The highest BCUT2D eigenvalue weighted by atomic mass is 16.6. The topological polar surface area (TPSA) is 113 Å². The second-order valence-corrected chi connectivity index (χ2v) is 13.0. The Hall–Kier alpha value is -1.77. The smallest absolute Gasteiger partial charge is 0.329 e. The summed E-state index contributed by atoms with van der Waals surface area (Å²) in [6.45, 7) is 13.9. The second kappa shape index (κ2) is 13.3. The number of aliphatic hydroxyl groups excluding tert-OH is 1. The molecule has 3 fully saturated rings. The molecule has 0 bridgehead atoms. The van der Waals surface area contributed by atoms with Crippen LogP contribution in [0.2, 0.25) is 0 Å². The minimum atomic E-state index is -2.20. The van der Waals surface area contributed by atoms with Gasteiger partial charge in [-0.25, -0.2) is 4.79 Å². The summed E-state index contributed by atoms with van der Waals surface area (Å²) in [6, 6.07) is -0.884. The summed E-state index contributed by atoms with van der Waals surface area (Å²) in [4.78, 5) is 41.7. The Morgan fingerprint density at radius 3 is 2.33 bits per heavy atom. The Balaban J connectivity index is 1.74. The molecule has 2 heterocycles. The van der Waals surface area contributed by atoms with Crippen molar-refractivity contribution in [1.29, 1.82) is 0 Å². The number of hydrogen-bond donors (Lipinski definition) is 2. The molecule has 3 rings (SSSR count). The van der Waals surface area contributed by atoms with E-state index in [-0.39, 0.29) is 36.5 Å². The van der Waals surface area contributed by atoms with Crippen LogP contribution in [0.15, 0.2) is 11.6 Å². The van der Waals surface area contributed by atoms with Crippen LogP contribution in [0, 0.1) is 29.6 Å². The molecule has 2 aliphatic heterocycles. The van der Waals surface area contributed by atoms with Gasteiger partial charge < -0.3 is 24.6 Å². The summed E-state index contributed by atoms with van der Waals surface area (Å²) in [5, 5.41) is 21.6. The molecule has 1 aliphatic carbocycles. The first-order valence-electron chi connectivity index (χ1n) is 15.1. The minimum Gasteiger partial charge on any atom is -0.456 e. The molecule has 2 saturated heterocycles.